The highest BCUT2D eigenvalue weighted by molar-refractivity contribution is 5.69. The summed E-state index contributed by atoms with van der Waals surface area (Å²) >= 11 is 0. The highest BCUT2D eigenvalue weighted by atomic mass is 16.5. The van der Waals surface area contributed by atoms with Gasteiger partial charge in [-0.3, -0.25) is 4.79 Å². The summed E-state index contributed by atoms with van der Waals surface area (Å²) in [5.74, 6) is 0.348. The van der Waals surface area contributed by atoms with E-state index in [1.807, 2.05) is 30.3 Å². The van der Waals surface area contributed by atoms with Crippen LogP contribution in [0.1, 0.15) is 29.9 Å². The van der Waals surface area contributed by atoms with Gasteiger partial charge in [0.25, 0.3) is 0 Å². The number of esters is 1. The van der Waals surface area contributed by atoms with Gasteiger partial charge in [-0.2, -0.15) is 0 Å². The van der Waals surface area contributed by atoms with Crippen molar-refractivity contribution >= 4 is 5.97 Å². The number of aromatic hydroxyl groups is 1. The number of methoxy groups -OCH3 is 1. The molecular formula is C18H20O3. The summed E-state index contributed by atoms with van der Waals surface area (Å²) in [5, 5.41) is 9.35. The second-order valence-electron chi connectivity index (χ2n) is 5.09. The van der Waals surface area contributed by atoms with Crippen LogP contribution in [0.15, 0.2) is 54.6 Å². The fourth-order valence-electron chi connectivity index (χ4n) is 2.42. The standard InChI is InChI=1S/C18H20O3/c1-21-18(20)12-9-16(15-5-3-2-4-6-15)13-14-7-10-17(19)11-8-14/h2-8,10-11,16,19H,9,12-13H2,1H3/t16-/m1/s1. The molecule has 0 heterocycles. The lowest BCUT2D eigenvalue weighted by atomic mass is 9.88. The molecule has 0 aliphatic heterocycles. The number of phenols is 1. The number of carbonyl (C=O) groups is 1. The topological polar surface area (TPSA) is 46.5 Å². The van der Waals surface area contributed by atoms with Crippen LogP contribution in [0, 0.1) is 0 Å². The molecule has 3 heteroatoms. The first-order valence-corrected chi connectivity index (χ1v) is 7.08. The molecule has 0 spiro atoms. The Morgan fingerprint density at radius 1 is 1.10 bits per heavy atom. The molecule has 0 saturated carbocycles. The first kappa shape index (κ1) is 15.1. The first-order valence-electron chi connectivity index (χ1n) is 7.08. The molecule has 0 bridgehead atoms. The molecule has 1 atom stereocenters. The minimum Gasteiger partial charge on any atom is -0.508 e. The maximum atomic E-state index is 11.4. The average molecular weight is 284 g/mol. The van der Waals surface area contributed by atoms with Gasteiger partial charge in [0.1, 0.15) is 5.75 Å². The summed E-state index contributed by atoms with van der Waals surface area (Å²) < 4.78 is 4.73. The van der Waals surface area contributed by atoms with Crippen LogP contribution in [0.4, 0.5) is 0 Å². The zero-order chi connectivity index (χ0) is 15.1. The van der Waals surface area contributed by atoms with E-state index in [0.29, 0.717) is 6.42 Å². The number of ether oxygens (including phenoxy) is 1. The van der Waals surface area contributed by atoms with Gasteiger partial charge in [0, 0.05) is 6.42 Å². The van der Waals surface area contributed by atoms with E-state index >= 15 is 0 Å². The van der Waals surface area contributed by atoms with Crippen molar-refractivity contribution in [2.75, 3.05) is 7.11 Å². The summed E-state index contributed by atoms with van der Waals surface area (Å²) in [6, 6.07) is 17.4. The highest BCUT2D eigenvalue weighted by Crippen LogP contribution is 2.26. The molecule has 3 nitrogen and oxygen atoms in total. The number of phenolic OH excluding ortho intramolecular Hbond substituents is 1. The molecule has 2 aromatic carbocycles. The quantitative estimate of drug-likeness (QED) is 0.823. The molecule has 1 N–H and O–H groups in total. The minimum absolute atomic E-state index is 0.179. The zero-order valence-corrected chi connectivity index (χ0v) is 12.2. The molecular weight excluding hydrogens is 264 g/mol. The Bertz CT molecular complexity index is 561. The van der Waals surface area contributed by atoms with Crippen molar-refractivity contribution in [1.29, 1.82) is 0 Å². The van der Waals surface area contributed by atoms with Crippen molar-refractivity contribution in [3.63, 3.8) is 0 Å². The Morgan fingerprint density at radius 3 is 2.38 bits per heavy atom. The molecule has 0 amide bonds. The Balaban J connectivity index is 2.11. The Labute approximate surface area is 125 Å². The van der Waals surface area contributed by atoms with E-state index in [1.165, 1.54) is 12.7 Å². The normalized spacial score (nSPS) is 11.9. The van der Waals surface area contributed by atoms with Crippen molar-refractivity contribution in [3.05, 3.63) is 65.7 Å². The third-order valence-corrected chi connectivity index (χ3v) is 3.61. The molecule has 2 rings (SSSR count). The van der Waals surface area contributed by atoms with Gasteiger partial charge in [0.2, 0.25) is 0 Å². The van der Waals surface area contributed by atoms with Crippen molar-refractivity contribution in [1.82, 2.24) is 0 Å². The van der Waals surface area contributed by atoms with E-state index in [4.69, 9.17) is 4.74 Å². The van der Waals surface area contributed by atoms with Crippen molar-refractivity contribution < 1.29 is 14.6 Å². The Hall–Kier alpha value is -2.29. The van der Waals surface area contributed by atoms with E-state index in [2.05, 4.69) is 12.1 Å². The molecule has 0 aromatic heterocycles. The van der Waals surface area contributed by atoms with Gasteiger partial charge in [-0.25, -0.2) is 0 Å². The molecule has 0 fully saturated rings. The molecule has 0 unspecified atom stereocenters. The van der Waals surface area contributed by atoms with Crippen LogP contribution in [0.5, 0.6) is 5.75 Å². The predicted octanol–water partition coefficient (Wildman–Crippen LogP) is 3.67. The second kappa shape index (κ2) is 7.48. The van der Waals surface area contributed by atoms with Crippen molar-refractivity contribution in [3.8, 4) is 5.75 Å². The molecule has 0 aliphatic carbocycles. The molecule has 0 saturated heterocycles. The van der Waals surface area contributed by atoms with Crippen LogP contribution in [-0.2, 0) is 16.0 Å². The van der Waals surface area contributed by atoms with E-state index in [9.17, 15) is 9.90 Å². The van der Waals surface area contributed by atoms with Crippen LogP contribution >= 0.6 is 0 Å². The van der Waals surface area contributed by atoms with Gasteiger partial charge in [-0.15, -0.1) is 0 Å². The number of benzene rings is 2. The number of carbonyl (C=O) groups excluding carboxylic acids is 1. The van der Waals surface area contributed by atoms with Crippen molar-refractivity contribution in [2.45, 2.75) is 25.2 Å². The number of hydrogen-bond acceptors (Lipinski definition) is 3. The monoisotopic (exact) mass is 284 g/mol. The predicted molar refractivity (Wildman–Crippen MR) is 82.2 cm³/mol. The lowest BCUT2D eigenvalue weighted by molar-refractivity contribution is -0.140. The largest absolute Gasteiger partial charge is 0.508 e. The summed E-state index contributed by atoms with van der Waals surface area (Å²) in [7, 11) is 1.42. The fraction of sp³-hybridized carbons (Fsp3) is 0.278. The van der Waals surface area contributed by atoms with E-state index in [1.54, 1.807) is 12.1 Å². The molecule has 2 aromatic rings. The first-order chi connectivity index (χ1) is 10.2. The third kappa shape index (κ3) is 4.63. The van der Waals surface area contributed by atoms with Gasteiger partial charge in [0.05, 0.1) is 7.11 Å². The number of hydrogen-bond donors (Lipinski definition) is 1. The lowest BCUT2D eigenvalue weighted by Gasteiger charge is -2.17. The summed E-state index contributed by atoms with van der Waals surface area (Å²) in [6.07, 6.45) is 1.99. The van der Waals surface area contributed by atoms with Crippen LogP contribution in [0.2, 0.25) is 0 Å². The maximum Gasteiger partial charge on any atom is 0.305 e. The average Bonchev–Trinajstić information content (AvgIpc) is 2.53. The van der Waals surface area contributed by atoms with Gasteiger partial charge in [0.15, 0.2) is 0 Å². The van der Waals surface area contributed by atoms with Gasteiger partial charge >= 0.3 is 5.97 Å². The number of rotatable bonds is 6. The van der Waals surface area contributed by atoms with Crippen LogP contribution in [0.25, 0.3) is 0 Å². The molecule has 110 valence electrons. The van der Waals surface area contributed by atoms with E-state index < -0.39 is 0 Å². The van der Waals surface area contributed by atoms with Crippen LogP contribution < -0.4 is 0 Å². The van der Waals surface area contributed by atoms with Gasteiger partial charge in [-0.05, 0) is 42.0 Å². The van der Waals surface area contributed by atoms with E-state index in [-0.39, 0.29) is 17.6 Å². The maximum absolute atomic E-state index is 11.4. The zero-order valence-electron chi connectivity index (χ0n) is 12.2. The third-order valence-electron chi connectivity index (χ3n) is 3.61. The van der Waals surface area contributed by atoms with Gasteiger partial charge < -0.3 is 9.84 Å². The SMILES string of the molecule is COC(=O)CC[C@H](Cc1ccc(O)cc1)c1ccccc1. The fourth-order valence-corrected chi connectivity index (χ4v) is 2.42. The minimum atomic E-state index is -0.179. The molecule has 21 heavy (non-hydrogen) atoms. The van der Waals surface area contributed by atoms with Gasteiger partial charge in [-0.1, -0.05) is 42.5 Å². The Kier molecular flexibility index (Phi) is 5.38. The lowest BCUT2D eigenvalue weighted by Crippen LogP contribution is -2.08. The summed E-state index contributed by atoms with van der Waals surface area (Å²) in [4.78, 5) is 11.4. The smallest absolute Gasteiger partial charge is 0.305 e. The second-order valence-corrected chi connectivity index (χ2v) is 5.09. The van der Waals surface area contributed by atoms with Crippen molar-refractivity contribution in [2.24, 2.45) is 0 Å². The van der Waals surface area contributed by atoms with Crippen LogP contribution in [0.3, 0.4) is 0 Å². The Morgan fingerprint density at radius 2 is 1.76 bits per heavy atom. The summed E-state index contributed by atoms with van der Waals surface area (Å²) in [6.45, 7) is 0. The highest BCUT2D eigenvalue weighted by Gasteiger charge is 2.14. The molecule has 0 radical (unpaired) electrons. The van der Waals surface area contributed by atoms with Crippen LogP contribution in [-0.4, -0.2) is 18.2 Å². The summed E-state index contributed by atoms with van der Waals surface area (Å²) in [5.41, 5.74) is 2.36. The molecule has 0 aliphatic rings. The van der Waals surface area contributed by atoms with E-state index in [0.717, 1.165) is 18.4 Å².